The number of hydrogen-bond acceptors (Lipinski definition) is 5. The Morgan fingerprint density at radius 2 is 1.96 bits per heavy atom. The predicted octanol–water partition coefficient (Wildman–Crippen LogP) is 2.54. The molecule has 1 aromatic carbocycles. The molecule has 10 heteroatoms. The van der Waals surface area contributed by atoms with Crippen molar-refractivity contribution in [2.45, 2.75) is 21.3 Å². The first-order valence-electron chi connectivity index (χ1n) is 7.90. The number of ether oxygens (including phenoxy) is 1. The average Bonchev–Trinajstić information content (AvgIpc) is 2.63. The molecule has 6 nitrogen and oxygen atoms in total. The molecule has 0 radical (unpaired) electrons. The second kappa shape index (κ2) is 7.91. The molecule has 0 saturated carbocycles. The van der Waals surface area contributed by atoms with Crippen molar-refractivity contribution in [1.82, 2.24) is 10.2 Å². The van der Waals surface area contributed by atoms with Gasteiger partial charge in [-0.15, -0.1) is 11.8 Å². The summed E-state index contributed by atoms with van der Waals surface area (Å²) in [6.45, 7) is 3.41. The minimum Gasteiger partial charge on any atom is -0.459 e. The Labute approximate surface area is 175 Å². The molecule has 0 bridgehead atoms. The SMILES string of the molecule is C=C1CS[C@H]2[C@H](NC(=O)c3ccccc3)C(=O)N2C1C(=O)OCC(Cl)(Cl)Cl. The maximum Gasteiger partial charge on any atom is 0.333 e. The van der Waals surface area contributed by atoms with Crippen LogP contribution in [0.25, 0.3) is 0 Å². The van der Waals surface area contributed by atoms with Gasteiger partial charge in [-0.05, 0) is 17.7 Å². The first-order valence-corrected chi connectivity index (χ1v) is 10.1. The van der Waals surface area contributed by atoms with Crippen LogP contribution >= 0.6 is 46.6 Å². The van der Waals surface area contributed by atoms with Gasteiger partial charge in [0.2, 0.25) is 9.70 Å². The molecule has 2 saturated heterocycles. The van der Waals surface area contributed by atoms with Gasteiger partial charge in [0.25, 0.3) is 5.91 Å². The van der Waals surface area contributed by atoms with Crippen LogP contribution in [0.5, 0.6) is 0 Å². The minimum absolute atomic E-state index is 0.353. The van der Waals surface area contributed by atoms with Gasteiger partial charge in [0, 0.05) is 11.3 Å². The fourth-order valence-corrected chi connectivity index (χ4v) is 4.33. The van der Waals surface area contributed by atoms with Crippen LogP contribution < -0.4 is 5.32 Å². The Morgan fingerprint density at radius 3 is 2.59 bits per heavy atom. The van der Waals surface area contributed by atoms with Gasteiger partial charge in [-0.3, -0.25) is 9.59 Å². The molecule has 2 amide bonds. The third-order valence-electron chi connectivity index (χ3n) is 4.11. The van der Waals surface area contributed by atoms with Crippen LogP contribution in [0.2, 0.25) is 0 Å². The van der Waals surface area contributed by atoms with Gasteiger partial charge < -0.3 is 15.0 Å². The van der Waals surface area contributed by atoms with Gasteiger partial charge >= 0.3 is 5.97 Å². The van der Waals surface area contributed by atoms with E-state index in [1.807, 2.05) is 0 Å². The fourth-order valence-electron chi connectivity index (χ4n) is 2.86. The normalized spacial score (nSPS) is 24.7. The topological polar surface area (TPSA) is 75.7 Å². The Balaban J connectivity index is 1.68. The second-order valence-corrected chi connectivity index (χ2v) is 9.67. The molecular formula is C17H15Cl3N2O4S. The zero-order valence-corrected chi connectivity index (χ0v) is 16.9. The summed E-state index contributed by atoms with van der Waals surface area (Å²) < 4.78 is 3.27. The van der Waals surface area contributed by atoms with Crippen LogP contribution in [0.1, 0.15) is 10.4 Å². The van der Waals surface area contributed by atoms with E-state index in [0.29, 0.717) is 16.9 Å². The highest BCUT2D eigenvalue weighted by Gasteiger charge is 2.56. The molecule has 3 atom stereocenters. The fraction of sp³-hybridized carbons (Fsp3) is 0.353. The van der Waals surface area contributed by atoms with E-state index >= 15 is 0 Å². The van der Waals surface area contributed by atoms with Gasteiger partial charge in [0.15, 0.2) is 6.04 Å². The molecule has 1 N–H and O–H groups in total. The van der Waals surface area contributed by atoms with E-state index in [0.717, 1.165) is 0 Å². The Kier molecular flexibility index (Phi) is 5.96. The molecule has 144 valence electrons. The van der Waals surface area contributed by atoms with Crippen molar-refractivity contribution in [1.29, 1.82) is 0 Å². The van der Waals surface area contributed by atoms with E-state index in [-0.39, 0.29) is 17.2 Å². The second-order valence-electron chi connectivity index (χ2n) is 6.05. The number of rotatable bonds is 4. The molecule has 27 heavy (non-hydrogen) atoms. The Bertz CT molecular complexity index is 784. The molecule has 0 spiro atoms. The summed E-state index contributed by atoms with van der Waals surface area (Å²) in [7, 11) is 0. The van der Waals surface area contributed by atoms with Crippen LogP contribution in [0.4, 0.5) is 0 Å². The van der Waals surface area contributed by atoms with Crippen molar-refractivity contribution in [3.05, 3.63) is 48.0 Å². The van der Waals surface area contributed by atoms with E-state index in [9.17, 15) is 14.4 Å². The van der Waals surface area contributed by atoms with Crippen molar-refractivity contribution >= 4 is 64.3 Å². The number of benzene rings is 1. The van der Waals surface area contributed by atoms with E-state index in [1.165, 1.54) is 16.7 Å². The van der Waals surface area contributed by atoms with Gasteiger partial charge in [0.1, 0.15) is 18.0 Å². The highest BCUT2D eigenvalue weighted by atomic mass is 35.6. The average molecular weight is 450 g/mol. The smallest absolute Gasteiger partial charge is 0.333 e. The molecule has 2 heterocycles. The van der Waals surface area contributed by atoms with Crippen LogP contribution in [0, 0.1) is 0 Å². The number of nitrogens with one attached hydrogen (secondary N) is 1. The first kappa shape index (κ1) is 20.3. The van der Waals surface area contributed by atoms with Crippen LogP contribution in [0.15, 0.2) is 42.5 Å². The number of carbonyl (C=O) groups excluding carboxylic acids is 3. The lowest BCUT2D eigenvalue weighted by molar-refractivity contribution is -0.162. The summed E-state index contributed by atoms with van der Waals surface area (Å²) in [5.74, 6) is -1.00. The summed E-state index contributed by atoms with van der Waals surface area (Å²) in [4.78, 5) is 38.7. The van der Waals surface area contributed by atoms with Crippen LogP contribution in [-0.4, -0.2) is 56.3 Å². The number of thioether (sulfide) groups is 1. The zero-order chi connectivity index (χ0) is 19.8. The number of fused-ring (bicyclic) bond motifs is 1. The summed E-state index contributed by atoms with van der Waals surface area (Å²) in [6, 6.07) is 6.90. The number of β-lactam (4-membered cyclic amide) rings is 1. The number of hydrogen-bond donors (Lipinski definition) is 1. The molecule has 0 aliphatic carbocycles. The molecule has 2 aliphatic rings. The molecule has 1 unspecified atom stereocenters. The highest BCUT2D eigenvalue weighted by Crippen LogP contribution is 2.40. The van der Waals surface area contributed by atoms with Gasteiger partial charge in [-0.2, -0.15) is 0 Å². The molecular weight excluding hydrogens is 435 g/mol. The van der Waals surface area contributed by atoms with Crippen LogP contribution in [-0.2, 0) is 14.3 Å². The number of halogens is 3. The molecule has 2 aliphatic heterocycles. The first-order chi connectivity index (χ1) is 12.7. The lowest BCUT2D eigenvalue weighted by atomic mass is 9.98. The summed E-state index contributed by atoms with van der Waals surface area (Å²) in [6.07, 6.45) is 0. The largest absolute Gasteiger partial charge is 0.459 e. The molecule has 2 fully saturated rings. The quantitative estimate of drug-likeness (QED) is 0.331. The number of alkyl halides is 3. The number of carbonyl (C=O) groups is 3. The summed E-state index contributed by atoms with van der Waals surface area (Å²) in [5, 5.41) is 2.33. The van der Waals surface area contributed by atoms with E-state index in [2.05, 4.69) is 11.9 Å². The Morgan fingerprint density at radius 1 is 1.30 bits per heavy atom. The zero-order valence-electron chi connectivity index (χ0n) is 13.9. The maximum absolute atomic E-state index is 12.6. The Hall–Kier alpha value is -1.41. The van der Waals surface area contributed by atoms with Crippen molar-refractivity contribution in [2.24, 2.45) is 0 Å². The lowest BCUT2D eigenvalue weighted by Crippen LogP contribution is -2.74. The van der Waals surface area contributed by atoms with Crippen molar-refractivity contribution < 1.29 is 19.1 Å². The molecule has 1 aromatic rings. The molecule has 3 rings (SSSR count). The van der Waals surface area contributed by atoms with E-state index < -0.39 is 28.5 Å². The standard InChI is InChI=1S/C17H15Cl3N2O4S/c1-9-7-27-15-11(21-13(23)10-5-3-2-4-6-10)14(24)22(15)12(9)16(25)26-8-17(18,19)20/h2-6,11-12,15H,1,7-8H2,(H,21,23)/t11-,12?,15+/m1/s1. The number of esters is 1. The molecule has 0 aromatic heterocycles. The van der Waals surface area contributed by atoms with Crippen molar-refractivity contribution in [2.75, 3.05) is 12.4 Å². The minimum atomic E-state index is -1.75. The van der Waals surface area contributed by atoms with Crippen molar-refractivity contribution in [3.8, 4) is 0 Å². The summed E-state index contributed by atoms with van der Waals surface area (Å²) >= 11 is 18.2. The summed E-state index contributed by atoms with van der Waals surface area (Å²) in [5.41, 5.74) is 0.972. The predicted molar refractivity (Wildman–Crippen MR) is 105 cm³/mol. The van der Waals surface area contributed by atoms with Gasteiger partial charge in [-0.25, -0.2) is 4.79 Å². The van der Waals surface area contributed by atoms with Crippen LogP contribution in [0.3, 0.4) is 0 Å². The van der Waals surface area contributed by atoms with E-state index in [4.69, 9.17) is 39.5 Å². The number of amides is 2. The lowest BCUT2D eigenvalue weighted by Gasteiger charge is -2.52. The highest BCUT2D eigenvalue weighted by molar-refractivity contribution is 8.00. The third-order valence-corrected chi connectivity index (χ3v) is 5.81. The number of nitrogens with zero attached hydrogens (tertiary/aromatic N) is 1. The van der Waals surface area contributed by atoms with Gasteiger partial charge in [-0.1, -0.05) is 59.6 Å². The monoisotopic (exact) mass is 448 g/mol. The van der Waals surface area contributed by atoms with Crippen molar-refractivity contribution in [3.63, 3.8) is 0 Å². The van der Waals surface area contributed by atoms with Gasteiger partial charge in [0.05, 0.1) is 0 Å². The van der Waals surface area contributed by atoms with E-state index in [1.54, 1.807) is 30.3 Å². The third kappa shape index (κ3) is 4.37. The maximum atomic E-state index is 12.6.